The number of nitrogens with one attached hydrogen (secondary N) is 1. The van der Waals surface area contributed by atoms with Crippen molar-refractivity contribution in [1.29, 1.82) is 0 Å². The Bertz CT molecular complexity index is 1050. The zero-order chi connectivity index (χ0) is 20.4. The van der Waals surface area contributed by atoms with Gasteiger partial charge in [-0.3, -0.25) is 4.79 Å². The van der Waals surface area contributed by atoms with Crippen molar-refractivity contribution in [3.63, 3.8) is 0 Å². The van der Waals surface area contributed by atoms with Crippen LogP contribution in [-0.4, -0.2) is 35.8 Å². The summed E-state index contributed by atoms with van der Waals surface area (Å²) in [4.78, 5) is 16.7. The molecule has 0 saturated carbocycles. The van der Waals surface area contributed by atoms with Crippen molar-refractivity contribution in [3.8, 4) is 22.9 Å². The highest BCUT2D eigenvalue weighted by Crippen LogP contribution is 2.40. The monoisotopic (exact) mass is 397 g/mol. The van der Waals surface area contributed by atoms with E-state index in [1.807, 2.05) is 0 Å². The Morgan fingerprint density at radius 3 is 2.83 bits per heavy atom. The SMILES string of the molecule is COc1cc(C(=O)NCc2ccc(-n3ccnc3C)c(F)c2)cc2c1OCCO2. The van der Waals surface area contributed by atoms with Crippen LogP contribution < -0.4 is 19.5 Å². The second-order valence-electron chi connectivity index (χ2n) is 6.52. The van der Waals surface area contributed by atoms with Crippen LogP contribution in [0.15, 0.2) is 42.7 Å². The molecule has 0 fully saturated rings. The molecule has 1 aromatic heterocycles. The first kappa shape index (κ1) is 18.8. The molecule has 8 heteroatoms. The third-order valence-corrected chi connectivity index (χ3v) is 4.64. The van der Waals surface area contributed by atoms with Gasteiger partial charge in [0.15, 0.2) is 11.5 Å². The number of carbonyl (C=O) groups excluding carboxylic acids is 1. The first-order valence-electron chi connectivity index (χ1n) is 9.11. The van der Waals surface area contributed by atoms with E-state index in [2.05, 4.69) is 10.3 Å². The van der Waals surface area contributed by atoms with Gasteiger partial charge in [-0.1, -0.05) is 6.07 Å². The molecule has 0 spiro atoms. The van der Waals surface area contributed by atoms with Crippen molar-refractivity contribution in [1.82, 2.24) is 14.9 Å². The van der Waals surface area contributed by atoms with Gasteiger partial charge in [0.1, 0.15) is 24.9 Å². The lowest BCUT2D eigenvalue weighted by molar-refractivity contribution is 0.0949. The van der Waals surface area contributed by atoms with Crippen LogP contribution >= 0.6 is 0 Å². The minimum atomic E-state index is -0.390. The summed E-state index contributed by atoms with van der Waals surface area (Å²) in [6, 6.07) is 8.03. The van der Waals surface area contributed by atoms with Crippen LogP contribution in [0.25, 0.3) is 5.69 Å². The summed E-state index contributed by atoms with van der Waals surface area (Å²) in [6.07, 6.45) is 3.31. The molecular formula is C21H20FN3O4. The first-order valence-corrected chi connectivity index (χ1v) is 9.11. The molecule has 2 heterocycles. The summed E-state index contributed by atoms with van der Waals surface area (Å²) in [5.41, 5.74) is 1.42. The number of carbonyl (C=O) groups is 1. The van der Waals surface area contributed by atoms with E-state index in [0.717, 1.165) is 0 Å². The Hall–Kier alpha value is -3.55. The van der Waals surface area contributed by atoms with Crippen LogP contribution in [-0.2, 0) is 6.54 Å². The van der Waals surface area contributed by atoms with E-state index in [1.165, 1.54) is 13.2 Å². The third-order valence-electron chi connectivity index (χ3n) is 4.64. The molecule has 1 aliphatic rings. The van der Waals surface area contributed by atoms with Gasteiger partial charge in [-0.05, 0) is 36.8 Å². The van der Waals surface area contributed by atoms with E-state index < -0.39 is 0 Å². The van der Waals surface area contributed by atoms with Gasteiger partial charge >= 0.3 is 0 Å². The molecule has 1 aliphatic heterocycles. The first-order chi connectivity index (χ1) is 14.1. The maximum Gasteiger partial charge on any atom is 0.251 e. The molecule has 150 valence electrons. The number of nitrogens with zero attached hydrogens (tertiary/aromatic N) is 2. The Balaban J connectivity index is 1.49. The Kier molecular flexibility index (Phi) is 5.07. The number of hydrogen-bond donors (Lipinski definition) is 1. The molecule has 0 saturated heterocycles. The zero-order valence-corrected chi connectivity index (χ0v) is 16.1. The molecule has 1 amide bonds. The Labute approximate surface area is 167 Å². The Morgan fingerprint density at radius 1 is 1.28 bits per heavy atom. The average Bonchev–Trinajstić information content (AvgIpc) is 3.16. The lowest BCUT2D eigenvalue weighted by Gasteiger charge is -2.21. The van der Waals surface area contributed by atoms with Crippen molar-refractivity contribution in [2.45, 2.75) is 13.5 Å². The fourth-order valence-corrected chi connectivity index (χ4v) is 3.18. The van der Waals surface area contributed by atoms with E-state index in [0.29, 0.717) is 53.1 Å². The van der Waals surface area contributed by atoms with E-state index in [1.54, 1.807) is 48.1 Å². The van der Waals surface area contributed by atoms with Crippen LogP contribution in [0.2, 0.25) is 0 Å². The van der Waals surface area contributed by atoms with Crippen molar-refractivity contribution >= 4 is 5.91 Å². The van der Waals surface area contributed by atoms with Crippen LogP contribution in [0.5, 0.6) is 17.2 Å². The molecule has 0 aliphatic carbocycles. The molecule has 7 nitrogen and oxygen atoms in total. The number of hydrogen-bond acceptors (Lipinski definition) is 5. The van der Waals surface area contributed by atoms with Gasteiger partial charge in [-0.2, -0.15) is 0 Å². The number of fused-ring (bicyclic) bond motifs is 1. The number of imidazole rings is 1. The predicted molar refractivity (Wildman–Crippen MR) is 103 cm³/mol. The highest BCUT2D eigenvalue weighted by atomic mass is 19.1. The molecule has 0 bridgehead atoms. The lowest BCUT2D eigenvalue weighted by atomic mass is 10.1. The zero-order valence-electron chi connectivity index (χ0n) is 16.1. The van der Waals surface area contributed by atoms with Crippen LogP contribution in [0, 0.1) is 12.7 Å². The fraction of sp³-hybridized carbons (Fsp3) is 0.238. The quantitative estimate of drug-likeness (QED) is 0.716. The summed E-state index contributed by atoms with van der Waals surface area (Å²) >= 11 is 0. The number of rotatable bonds is 5. The minimum Gasteiger partial charge on any atom is -0.493 e. The molecular weight excluding hydrogens is 377 g/mol. The summed E-state index contributed by atoms with van der Waals surface area (Å²) in [5.74, 6) is 1.36. The van der Waals surface area contributed by atoms with Crippen molar-refractivity contribution in [3.05, 3.63) is 65.5 Å². The molecule has 0 atom stereocenters. The lowest BCUT2D eigenvalue weighted by Crippen LogP contribution is -2.24. The topological polar surface area (TPSA) is 74.6 Å². The van der Waals surface area contributed by atoms with Crippen molar-refractivity contribution < 1.29 is 23.4 Å². The number of ether oxygens (including phenoxy) is 3. The maximum absolute atomic E-state index is 14.5. The molecule has 0 unspecified atom stereocenters. The van der Waals surface area contributed by atoms with Crippen LogP contribution in [0.1, 0.15) is 21.7 Å². The van der Waals surface area contributed by atoms with Gasteiger partial charge in [-0.25, -0.2) is 9.37 Å². The maximum atomic E-state index is 14.5. The second kappa shape index (κ2) is 7.83. The van der Waals surface area contributed by atoms with Gasteiger partial charge in [0, 0.05) is 24.5 Å². The van der Waals surface area contributed by atoms with E-state index in [4.69, 9.17) is 14.2 Å². The summed E-state index contributed by atoms with van der Waals surface area (Å²) < 4.78 is 32.6. The predicted octanol–water partition coefficient (Wildman–Crippen LogP) is 3.03. The number of methoxy groups -OCH3 is 1. The van der Waals surface area contributed by atoms with Gasteiger partial charge in [0.25, 0.3) is 5.91 Å². The van der Waals surface area contributed by atoms with Gasteiger partial charge in [0.05, 0.1) is 12.8 Å². The Morgan fingerprint density at radius 2 is 2.10 bits per heavy atom. The summed E-state index contributed by atoms with van der Waals surface area (Å²) in [5, 5.41) is 2.79. The number of benzene rings is 2. The molecule has 29 heavy (non-hydrogen) atoms. The molecule has 0 radical (unpaired) electrons. The summed E-state index contributed by atoms with van der Waals surface area (Å²) in [7, 11) is 1.50. The number of halogens is 1. The number of aryl methyl sites for hydroxylation is 1. The number of aromatic nitrogens is 2. The van der Waals surface area contributed by atoms with E-state index in [-0.39, 0.29) is 18.3 Å². The smallest absolute Gasteiger partial charge is 0.251 e. The number of amides is 1. The summed E-state index contributed by atoms with van der Waals surface area (Å²) in [6.45, 7) is 2.81. The second-order valence-corrected chi connectivity index (χ2v) is 6.52. The average molecular weight is 397 g/mol. The van der Waals surface area contributed by atoms with E-state index >= 15 is 0 Å². The highest BCUT2D eigenvalue weighted by molar-refractivity contribution is 5.95. The third kappa shape index (κ3) is 3.73. The van der Waals surface area contributed by atoms with Gasteiger partial charge in [0.2, 0.25) is 5.75 Å². The van der Waals surface area contributed by atoms with Crippen molar-refractivity contribution in [2.24, 2.45) is 0 Å². The molecule has 1 N–H and O–H groups in total. The van der Waals surface area contributed by atoms with Gasteiger partial charge < -0.3 is 24.1 Å². The van der Waals surface area contributed by atoms with Crippen molar-refractivity contribution in [2.75, 3.05) is 20.3 Å². The van der Waals surface area contributed by atoms with Crippen LogP contribution in [0.4, 0.5) is 4.39 Å². The molecule has 3 aromatic rings. The fourth-order valence-electron chi connectivity index (χ4n) is 3.18. The minimum absolute atomic E-state index is 0.176. The van der Waals surface area contributed by atoms with Gasteiger partial charge in [-0.15, -0.1) is 0 Å². The largest absolute Gasteiger partial charge is 0.493 e. The molecule has 2 aromatic carbocycles. The highest BCUT2D eigenvalue weighted by Gasteiger charge is 2.21. The standard InChI is InChI=1S/C21H20FN3O4/c1-13-23-5-6-25(13)17-4-3-14(9-16(17)22)12-24-21(26)15-10-18(27-2)20-19(11-15)28-7-8-29-20/h3-6,9-11H,7-8,12H2,1-2H3,(H,24,26). The normalized spacial score (nSPS) is 12.5. The van der Waals surface area contributed by atoms with Crippen LogP contribution in [0.3, 0.4) is 0 Å². The molecule has 4 rings (SSSR count). The van der Waals surface area contributed by atoms with E-state index in [9.17, 15) is 9.18 Å².